The Hall–Kier alpha value is -3.48. The number of fused-ring (bicyclic) bond motifs is 10. The van der Waals surface area contributed by atoms with Crippen molar-refractivity contribution in [3.8, 4) is 0 Å². The maximum Gasteiger partial charge on any atom is 0.407 e. The molecule has 6 fully saturated rings. The lowest BCUT2D eigenvalue weighted by atomic mass is 9.47. The number of alkyl carbamates (subject to hydrolysis) is 3. The summed E-state index contributed by atoms with van der Waals surface area (Å²) in [5, 5.41) is 20.2. The van der Waals surface area contributed by atoms with E-state index < -0.39 is 11.7 Å². The first-order valence-electron chi connectivity index (χ1n) is 35.9. The molecule has 0 aromatic rings. The molecule has 0 aromatic carbocycles. The molecule has 7 N–H and O–H groups in total. The van der Waals surface area contributed by atoms with Gasteiger partial charge in [-0.15, -0.1) is 0 Å². The van der Waals surface area contributed by atoms with Gasteiger partial charge in [-0.25, -0.2) is 14.4 Å². The van der Waals surface area contributed by atoms with Gasteiger partial charge in [-0.1, -0.05) is 131 Å². The van der Waals surface area contributed by atoms with E-state index in [1.807, 2.05) is 20.8 Å². The molecule has 0 spiro atoms. The molecule has 86 heavy (non-hydrogen) atoms. The Morgan fingerprint density at radius 2 is 0.965 bits per heavy atom. The van der Waals surface area contributed by atoms with Gasteiger partial charge in [-0.05, 0) is 203 Å². The molecule has 8 aliphatic rings. The smallest absolute Gasteiger partial charge is 0.407 e. The van der Waals surface area contributed by atoms with Crippen molar-refractivity contribution in [1.82, 2.24) is 21.3 Å². The number of nitrogens with zero attached hydrogens (tertiary/aromatic N) is 1. The first kappa shape index (κ1) is 68.4. The summed E-state index contributed by atoms with van der Waals surface area (Å²) in [5.41, 5.74) is 9.60. The van der Waals surface area contributed by atoms with Crippen LogP contribution in [0.1, 0.15) is 251 Å². The highest BCUT2D eigenvalue weighted by atomic mass is 16.6. The Kier molecular flexibility index (Phi) is 23.2. The standard InChI is InChI=1S/C73H127N7O6/c1-49(2)19-14-21-51(5)59-27-29-61-57-25-23-53-47-55(31-35-70(53,10)63(57)33-37-72(59,61)12)84-66(81)77-39-16-43-80(46-42-76-65(74)75,45-18-41-79-68(83)86-69(7,8)9)44-17-40-78-67(82)85-56-32-36-71(11)54(48-56)24-26-58-62-30-28-60(52(6)22-15-20-50(3)4)73(62,13)38-34-64(58)71/h23-24,49-52,55-64H,14-22,25-48H2,1-13H3,(H6-,74,75,76,77,78,79,81,82,83)/p+1. The number of carbonyl (C=O) groups excluding carboxylic acids is 3. The molecular formula is C73H128N7O6+. The number of rotatable bonds is 27. The lowest BCUT2D eigenvalue weighted by Gasteiger charge is -2.58. The second-order valence-corrected chi connectivity index (χ2v) is 33.0. The normalized spacial score (nSPS) is 35.2. The van der Waals surface area contributed by atoms with Crippen LogP contribution in [0.4, 0.5) is 14.4 Å². The van der Waals surface area contributed by atoms with Crippen molar-refractivity contribution in [3.63, 3.8) is 0 Å². The summed E-state index contributed by atoms with van der Waals surface area (Å²) in [6, 6.07) is 0. The summed E-state index contributed by atoms with van der Waals surface area (Å²) >= 11 is 0. The number of hydrogen-bond acceptors (Lipinski definition) is 7. The predicted octanol–water partition coefficient (Wildman–Crippen LogP) is 16.3. The number of amides is 3. The largest absolute Gasteiger partial charge is 0.446 e. The Balaban J connectivity index is 0.818. The first-order chi connectivity index (χ1) is 40.7. The van der Waals surface area contributed by atoms with Crippen molar-refractivity contribution >= 4 is 24.2 Å². The van der Waals surface area contributed by atoms with Crippen molar-refractivity contribution in [3.05, 3.63) is 23.3 Å². The van der Waals surface area contributed by atoms with Gasteiger partial charge in [0, 0.05) is 51.7 Å². The number of nitrogens with two attached hydrogens (primary N) is 1. The van der Waals surface area contributed by atoms with Crippen molar-refractivity contribution in [1.29, 1.82) is 5.41 Å². The zero-order chi connectivity index (χ0) is 62.2. The number of ether oxygens (including phenoxy) is 3. The van der Waals surface area contributed by atoms with Crippen LogP contribution in [0.25, 0.3) is 0 Å². The topological polar surface area (TPSA) is 177 Å². The van der Waals surface area contributed by atoms with Crippen LogP contribution < -0.4 is 27.0 Å². The van der Waals surface area contributed by atoms with Gasteiger partial charge in [-0.3, -0.25) is 5.41 Å². The molecule has 13 nitrogen and oxygen atoms in total. The van der Waals surface area contributed by atoms with Crippen molar-refractivity contribution in [2.45, 2.75) is 268 Å². The molecule has 0 saturated heterocycles. The number of quaternary nitrogens is 1. The second kappa shape index (κ2) is 29.2. The van der Waals surface area contributed by atoms with Crippen molar-refractivity contribution in [2.24, 2.45) is 98.4 Å². The highest BCUT2D eigenvalue weighted by molar-refractivity contribution is 5.74. The van der Waals surface area contributed by atoms with Gasteiger partial charge >= 0.3 is 18.3 Å². The van der Waals surface area contributed by atoms with Gasteiger partial charge in [0.15, 0.2) is 5.96 Å². The van der Waals surface area contributed by atoms with Crippen molar-refractivity contribution < 1.29 is 33.1 Å². The van der Waals surface area contributed by atoms with Crippen LogP contribution in [0.15, 0.2) is 23.3 Å². The molecule has 13 heteroatoms. The third kappa shape index (κ3) is 16.3. The minimum absolute atomic E-state index is 0.0783. The number of hydrogen-bond donors (Lipinski definition) is 6. The van der Waals surface area contributed by atoms with E-state index in [9.17, 15) is 14.4 Å². The molecular weight excluding hydrogens is 1070 g/mol. The van der Waals surface area contributed by atoms with Crippen LogP contribution in [0.5, 0.6) is 0 Å². The van der Waals surface area contributed by atoms with Gasteiger partial charge in [0.2, 0.25) is 0 Å². The van der Waals surface area contributed by atoms with Crippen LogP contribution in [-0.4, -0.2) is 98.9 Å². The second-order valence-electron chi connectivity index (χ2n) is 33.0. The van der Waals surface area contributed by atoms with E-state index in [4.69, 9.17) is 25.4 Å². The summed E-state index contributed by atoms with van der Waals surface area (Å²) in [6.45, 7) is 35.4. The van der Waals surface area contributed by atoms with Crippen LogP contribution in [0.2, 0.25) is 0 Å². The van der Waals surface area contributed by atoms with Gasteiger partial charge in [-0.2, -0.15) is 0 Å². The molecule has 16 unspecified atom stereocenters. The molecule has 8 rings (SSSR count). The summed E-state index contributed by atoms with van der Waals surface area (Å²) in [4.78, 5) is 39.9. The fourth-order valence-corrected chi connectivity index (χ4v) is 21.1. The predicted molar refractivity (Wildman–Crippen MR) is 350 cm³/mol. The van der Waals surface area contributed by atoms with E-state index in [2.05, 4.69) is 103 Å². The van der Waals surface area contributed by atoms with E-state index in [0.717, 1.165) is 129 Å². The van der Waals surface area contributed by atoms with Crippen molar-refractivity contribution in [2.75, 3.05) is 52.4 Å². The first-order valence-corrected chi connectivity index (χ1v) is 35.9. The number of allylic oxidation sites excluding steroid dienone is 2. The molecule has 0 aliphatic heterocycles. The monoisotopic (exact) mass is 1200 g/mol. The number of guanidine groups is 1. The highest BCUT2D eigenvalue weighted by Crippen LogP contribution is 2.69. The molecule has 490 valence electrons. The summed E-state index contributed by atoms with van der Waals surface area (Å²) in [7, 11) is 0. The average Bonchev–Trinajstić information content (AvgIpc) is 1.33. The molecule has 16 atom stereocenters. The lowest BCUT2D eigenvalue weighted by molar-refractivity contribution is -0.927. The molecule has 0 radical (unpaired) electrons. The Bertz CT molecular complexity index is 2200. The molecule has 8 aliphatic carbocycles. The quantitative estimate of drug-likeness (QED) is 0.0118. The van der Waals surface area contributed by atoms with Gasteiger partial charge in [0.1, 0.15) is 17.8 Å². The summed E-state index contributed by atoms with van der Waals surface area (Å²) in [5.74, 6) is 9.47. The molecule has 0 bridgehead atoms. The molecule has 0 heterocycles. The van der Waals surface area contributed by atoms with Crippen LogP contribution >= 0.6 is 0 Å². The van der Waals surface area contributed by atoms with E-state index in [0.29, 0.717) is 67.3 Å². The Morgan fingerprint density at radius 3 is 1.36 bits per heavy atom. The minimum Gasteiger partial charge on any atom is -0.446 e. The summed E-state index contributed by atoms with van der Waals surface area (Å²) < 4.78 is 18.7. The Labute approximate surface area is 524 Å². The summed E-state index contributed by atoms with van der Waals surface area (Å²) in [6.07, 6.45) is 33.1. The third-order valence-electron chi connectivity index (χ3n) is 25.6. The highest BCUT2D eigenvalue weighted by Gasteiger charge is 2.61. The van der Waals surface area contributed by atoms with E-state index in [1.54, 1.807) is 0 Å². The third-order valence-corrected chi connectivity index (χ3v) is 25.6. The number of carbonyl (C=O) groups is 3. The zero-order valence-corrected chi connectivity index (χ0v) is 57.0. The molecule has 3 amide bonds. The van der Waals surface area contributed by atoms with E-state index in [1.165, 1.54) is 114 Å². The van der Waals surface area contributed by atoms with E-state index in [-0.39, 0.29) is 41.2 Å². The van der Waals surface area contributed by atoms with Crippen LogP contribution in [0.3, 0.4) is 0 Å². The van der Waals surface area contributed by atoms with Gasteiger partial charge in [0.05, 0.1) is 32.7 Å². The minimum atomic E-state index is -0.598. The fourth-order valence-electron chi connectivity index (χ4n) is 21.1. The fraction of sp³-hybridized carbons (Fsp3) is 0.890. The maximum atomic E-state index is 13.6. The molecule has 0 aromatic heterocycles. The lowest BCUT2D eigenvalue weighted by Crippen LogP contribution is -2.55. The average molecular weight is 1200 g/mol. The van der Waals surface area contributed by atoms with E-state index >= 15 is 0 Å². The SMILES string of the molecule is CC(C)CCCC(C)C1CCC2C3CC=C4CC(OC(=O)NCCC[N+](CCCNC(=O)OC5CCC6(C)C(=CCC7C6CCC6(C)C(C(C)CCCC(C)C)CCC76)C5)(CCCNC(=O)OC(C)(C)C)CCNC(=N)N)CCC4(C)C3CCC12C. The van der Waals surface area contributed by atoms with Gasteiger partial charge < -0.3 is 45.7 Å². The van der Waals surface area contributed by atoms with Gasteiger partial charge in [0.25, 0.3) is 0 Å². The Morgan fingerprint density at radius 1 is 0.547 bits per heavy atom. The zero-order valence-electron chi connectivity index (χ0n) is 57.0. The van der Waals surface area contributed by atoms with Crippen LogP contribution in [-0.2, 0) is 14.2 Å². The van der Waals surface area contributed by atoms with Crippen LogP contribution in [0, 0.1) is 98.1 Å². The number of nitrogens with one attached hydrogen (secondary N) is 5. The maximum absolute atomic E-state index is 13.6. The molecule has 6 saturated carbocycles.